The number of hydrogen-bond acceptors (Lipinski definition) is 4. The summed E-state index contributed by atoms with van der Waals surface area (Å²) in [5.41, 5.74) is -3.70. The molecule has 0 N–H and O–H groups in total. The summed E-state index contributed by atoms with van der Waals surface area (Å²) in [6, 6.07) is 0. The molecule has 116 valence electrons. The van der Waals surface area contributed by atoms with Crippen LogP contribution in [0.4, 0.5) is 0 Å². The molecule has 20 heavy (non-hydrogen) atoms. The number of unbranched alkanes of at least 4 members (excludes halogenated alkanes) is 2. The summed E-state index contributed by atoms with van der Waals surface area (Å²) in [4.78, 5) is 23.3. The van der Waals surface area contributed by atoms with E-state index in [2.05, 4.69) is 46.4 Å². The van der Waals surface area contributed by atoms with E-state index in [0.717, 1.165) is 43.5 Å². The molecule has 0 unspecified atom stereocenters. The first kappa shape index (κ1) is 23.8. The molecule has 0 aromatic heterocycles. The van der Waals surface area contributed by atoms with Crippen LogP contribution in [0.1, 0.15) is 73.1 Å². The maximum atomic E-state index is 11.6. The Labute approximate surface area is 147 Å². The Hall–Kier alpha value is 1.54. The fraction of sp³-hybridized carbons (Fsp3) is 1.00. The average Bonchev–Trinajstić information content (AvgIpc) is 2.12. The summed E-state index contributed by atoms with van der Waals surface area (Å²) in [7, 11) is 0. The minimum Gasteiger partial charge on any atom is -0.825 e. The van der Waals surface area contributed by atoms with Crippen LogP contribution >= 0.6 is 17.1 Å². The van der Waals surface area contributed by atoms with E-state index in [0.29, 0.717) is 11.8 Å². The van der Waals surface area contributed by atoms with Gasteiger partial charge >= 0.3 is 19.5 Å². The predicted molar refractivity (Wildman–Crippen MR) is 87.7 cm³/mol. The fourth-order valence-corrected chi connectivity index (χ4v) is 7.92. The third kappa shape index (κ3) is 12.1. The Morgan fingerprint density at radius 1 is 1.05 bits per heavy atom. The SMILES string of the molecule is CCCCCC(CC(C)C)(CC(C)C)SP([O-])([O-])=S.[Zn+2]. The molecule has 6 heteroatoms. The van der Waals surface area contributed by atoms with Crippen LogP contribution in [-0.4, -0.2) is 4.75 Å². The number of rotatable bonds is 10. The quantitative estimate of drug-likeness (QED) is 0.321. The zero-order valence-corrected chi connectivity index (χ0v) is 19.2. The van der Waals surface area contributed by atoms with Crippen molar-refractivity contribution >= 4 is 28.9 Å². The van der Waals surface area contributed by atoms with Gasteiger partial charge in [-0.25, -0.2) is 0 Å². The Kier molecular flexibility index (Phi) is 13.3. The van der Waals surface area contributed by atoms with Crippen LogP contribution in [0.5, 0.6) is 0 Å². The van der Waals surface area contributed by atoms with Crippen LogP contribution in [0.3, 0.4) is 0 Å². The molecule has 0 aliphatic heterocycles. The first-order valence-corrected chi connectivity index (χ1v) is 11.4. The zero-order valence-electron chi connectivity index (χ0n) is 13.7. The van der Waals surface area contributed by atoms with E-state index in [1.54, 1.807) is 0 Å². The Bertz CT molecular complexity index is 283. The van der Waals surface area contributed by atoms with Gasteiger partial charge in [0.05, 0.1) is 0 Å². The Balaban J connectivity index is 0. The van der Waals surface area contributed by atoms with Crippen molar-refractivity contribution in [3.8, 4) is 0 Å². The standard InChI is InChI=1S/C14H31O2PS2.Zn/c1-6-7-8-9-14(10-12(2)3,11-13(4)5)19-17(15,16)18;/h12-13H,6-11H2,1-5H3,(H2,15,16,18);/q;+2/p-2. The summed E-state index contributed by atoms with van der Waals surface area (Å²) in [6.07, 6.45) is 6.25. The van der Waals surface area contributed by atoms with Gasteiger partial charge in [-0.15, -0.1) is 23.2 Å². The smallest absolute Gasteiger partial charge is 0.825 e. The minimum atomic E-state index is -3.70. The average molecular weight is 390 g/mol. The van der Waals surface area contributed by atoms with Gasteiger partial charge in [-0.3, -0.25) is 0 Å². The van der Waals surface area contributed by atoms with Crippen LogP contribution < -0.4 is 9.79 Å². The van der Waals surface area contributed by atoms with Crippen molar-refractivity contribution < 1.29 is 29.3 Å². The molecular formula is C14H29O2PS2Zn. The van der Waals surface area contributed by atoms with Crippen LogP contribution in [0.25, 0.3) is 0 Å². The maximum Gasteiger partial charge on any atom is 2.00 e. The first-order chi connectivity index (χ1) is 8.60. The molecule has 0 radical (unpaired) electrons. The minimum absolute atomic E-state index is 0. The summed E-state index contributed by atoms with van der Waals surface area (Å²) >= 11 is 5.75. The largest absolute Gasteiger partial charge is 2.00 e. The third-order valence-electron chi connectivity index (χ3n) is 3.10. The molecule has 0 amide bonds. The summed E-state index contributed by atoms with van der Waals surface area (Å²) in [6.45, 7) is 10.8. The topological polar surface area (TPSA) is 46.1 Å². The van der Waals surface area contributed by atoms with Crippen molar-refractivity contribution in [2.45, 2.75) is 77.9 Å². The zero-order chi connectivity index (χ0) is 15.1. The maximum absolute atomic E-state index is 11.6. The molecule has 0 aliphatic rings. The van der Waals surface area contributed by atoms with Crippen molar-refractivity contribution in [3.05, 3.63) is 0 Å². The predicted octanol–water partition coefficient (Wildman–Crippen LogP) is 4.07. The second kappa shape index (κ2) is 11.1. The van der Waals surface area contributed by atoms with Crippen molar-refractivity contribution in [2.75, 3.05) is 0 Å². The molecular weight excluding hydrogens is 361 g/mol. The second-order valence-electron chi connectivity index (χ2n) is 6.37. The first-order valence-electron chi connectivity index (χ1n) is 7.33. The van der Waals surface area contributed by atoms with Gasteiger partial charge in [0.1, 0.15) is 0 Å². The van der Waals surface area contributed by atoms with Gasteiger partial charge in [-0.05, 0) is 31.1 Å². The van der Waals surface area contributed by atoms with Gasteiger partial charge in [0.15, 0.2) is 0 Å². The van der Waals surface area contributed by atoms with Gasteiger partial charge in [0.25, 0.3) is 0 Å². The van der Waals surface area contributed by atoms with E-state index in [-0.39, 0.29) is 24.2 Å². The molecule has 0 heterocycles. The van der Waals surface area contributed by atoms with Gasteiger partial charge in [0.2, 0.25) is 0 Å². The van der Waals surface area contributed by atoms with Crippen LogP contribution in [0.15, 0.2) is 0 Å². The van der Waals surface area contributed by atoms with Crippen molar-refractivity contribution in [1.82, 2.24) is 0 Å². The summed E-state index contributed by atoms with van der Waals surface area (Å²) in [5, 5.41) is 0. The molecule has 0 bridgehead atoms. The van der Waals surface area contributed by atoms with Gasteiger partial charge < -0.3 is 9.79 Å². The van der Waals surface area contributed by atoms with E-state index in [9.17, 15) is 9.79 Å². The molecule has 0 atom stereocenters. The van der Waals surface area contributed by atoms with Crippen molar-refractivity contribution in [2.24, 2.45) is 11.8 Å². The summed E-state index contributed by atoms with van der Waals surface area (Å²) in [5.74, 6) is 0.990. The van der Waals surface area contributed by atoms with Crippen molar-refractivity contribution in [1.29, 1.82) is 0 Å². The van der Waals surface area contributed by atoms with Gasteiger partial charge in [0, 0.05) is 4.75 Å². The van der Waals surface area contributed by atoms with E-state index in [4.69, 9.17) is 0 Å². The van der Waals surface area contributed by atoms with E-state index in [1.165, 1.54) is 6.42 Å². The molecule has 2 nitrogen and oxygen atoms in total. The van der Waals surface area contributed by atoms with Crippen LogP contribution in [-0.2, 0) is 31.3 Å². The van der Waals surface area contributed by atoms with E-state index < -0.39 is 5.69 Å². The van der Waals surface area contributed by atoms with E-state index >= 15 is 0 Å². The van der Waals surface area contributed by atoms with E-state index in [1.807, 2.05) is 0 Å². The molecule has 0 aliphatic carbocycles. The third-order valence-corrected chi connectivity index (χ3v) is 6.75. The molecule has 0 aromatic carbocycles. The molecule has 0 fully saturated rings. The fourth-order valence-electron chi connectivity index (χ4n) is 2.83. The Morgan fingerprint density at radius 3 is 1.80 bits per heavy atom. The van der Waals surface area contributed by atoms with Crippen LogP contribution in [0, 0.1) is 11.8 Å². The van der Waals surface area contributed by atoms with Crippen molar-refractivity contribution in [3.63, 3.8) is 0 Å². The normalized spacial score (nSPS) is 12.8. The molecule has 0 rings (SSSR count). The second-order valence-corrected chi connectivity index (χ2v) is 12.4. The van der Waals surface area contributed by atoms with Gasteiger partial charge in [-0.2, -0.15) is 5.69 Å². The molecule has 0 spiro atoms. The summed E-state index contributed by atoms with van der Waals surface area (Å²) < 4.78 is -0.184. The molecule has 0 saturated carbocycles. The molecule has 0 aromatic rings. The Morgan fingerprint density at radius 2 is 1.50 bits per heavy atom. The van der Waals surface area contributed by atoms with Crippen LogP contribution in [0.2, 0.25) is 0 Å². The monoisotopic (exact) mass is 388 g/mol. The molecule has 0 saturated heterocycles. The number of hydrogen-bond donors (Lipinski definition) is 0. The van der Waals surface area contributed by atoms with Gasteiger partial charge in [-0.1, -0.05) is 53.9 Å².